The van der Waals surface area contributed by atoms with E-state index in [1.165, 1.54) is 18.5 Å². The Bertz CT molecular complexity index is 556. The van der Waals surface area contributed by atoms with Gasteiger partial charge in [0.25, 0.3) is 6.43 Å². The molecule has 0 aliphatic carbocycles. The van der Waals surface area contributed by atoms with Crippen molar-refractivity contribution in [3.63, 3.8) is 0 Å². The van der Waals surface area contributed by atoms with Gasteiger partial charge in [0, 0.05) is 23.4 Å². The molecule has 0 atom stereocenters. The molecular formula is C13H11F3N2. The molecule has 0 saturated carbocycles. The van der Waals surface area contributed by atoms with Gasteiger partial charge in [-0.15, -0.1) is 0 Å². The molecule has 1 aromatic heterocycles. The number of hydrogen-bond donors (Lipinski definition) is 0. The Hall–Kier alpha value is -1.91. The zero-order valence-electron chi connectivity index (χ0n) is 9.70. The normalized spacial score (nSPS) is 10.9. The van der Waals surface area contributed by atoms with Crippen LogP contribution in [-0.2, 0) is 6.42 Å². The first kappa shape index (κ1) is 12.5. The van der Waals surface area contributed by atoms with E-state index >= 15 is 0 Å². The van der Waals surface area contributed by atoms with Gasteiger partial charge in [0.05, 0.1) is 0 Å². The number of halogens is 3. The molecule has 0 bridgehead atoms. The summed E-state index contributed by atoms with van der Waals surface area (Å²) in [6.07, 6.45) is -0.967. The third-order valence-electron chi connectivity index (χ3n) is 2.48. The Morgan fingerprint density at radius 1 is 1.11 bits per heavy atom. The topological polar surface area (TPSA) is 25.8 Å². The summed E-state index contributed by atoms with van der Waals surface area (Å²) in [6, 6.07) is 5.13. The van der Waals surface area contributed by atoms with Gasteiger partial charge in [-0.3, -0.25) is 0 Å². The van der Waals surface area contributed by atoms with E-state index in [4.69, 9.17) is 0 Å². The fraction of sp³-hybridized carbons (Fsp3) is 0.231. The van der Waals surface area contributed by atoms with Gasteiger partial charge in [-0.1, -0.05) is 0 Å². The minimum atomic E-state index is -2.67. The second-order valence-electron chi connectivity index (χ2n) is 4.02. The summed E-state index contributed by atoms with van der Waals surface area (Å²) in [5.74, 6) is -0.659. The number of aromatic nitrogens is 2. The Kier molecular flexibility index (Phi) is 3.60. The number of hydrogen-bond acceptors (Lipinski definition) is 2. The number of benzene rings is 1. The summed E-state index contributed by atoms with van der Waals surface area (Å²) >= 11 is 0. The standard InChI is InChI=1S/C13H11F3N2/c1-8-2-12(18-7-17-8)5-9-3-10(13(15)16)6-11(14)4-9/h2-4,6-7,13H,5H2,1H3. The monoisotopic (exact) mass is 252 g/mol. The fourth-order valence-corrected chi connectivity index (χ4v) is 1.72. The molecule has 0 amide bonds. The van der Waals surface area contributed by atoms with Crippen LogP contribution >= 0.6 is 0 Å². The minimum Gasteiger partial charge on any atom is -0.242 e. The van der Waals surface area contributed by atoms with E-state index in [1.807, 2.05) is 0 Å². The molecule has 0 aliphatic heterocycles. The summed E-state index contributed by atoms with van der Waals surface area (Å²) in [5.41, 5.74) is 1.62. The van der Waals surface area contributed by atoms with Crippen LogP contribution in [0.15, 0.2) is 30.6 Å². The highest BCUT2D eigenvalue weighted by Crippen LogP contribution is 2.22. The van der Waals surface area contributed by atoms with Crippen molar-refractivity contribution in [3.8, 4) is 0 Å². The van der Waals surface area contributed by atoms with E-state index in [0.717, 1.165) is 11.8 Å². The van der Waals surface area contributed by atoms with Crippen LogP contribution in [0, 0.1) is 12.7 Å². The lowest BCUT2D eigenvalue weighted by molar-refractivity contribution is 0.151. The third-order valence-corrected chi connectivity index (χ3v) is 2.48. The molecule has 0 N–H and O–H groups in total. The van der Waals surface area contributed by atoms with Crippen molar-refractivity contribution in [1.82, 2.24) is 9.97 Å². The maximum Gasteiger partial charge on any atom is 0.263 e. The first-order chi connectivity index (χ1) is 8.54. The summed E-state index contributed by atoms with van der Waals surface area (Å²) in [6.45, 7) is 1.81. The van der Waals surface area contributed by atoms with E-state index in [-0.39, 0.29) is 5.56 Å². The number of alkyl halides is 2. The lowest BCUT2D eigenvalue weighted by Gasteiger charge is -2.05. The molecule has 2 nitrogen and oxygen atoms in total. The van der Waals surface area contributed by atoms with Crippen LogP contribution in [0.25, 0.3) is 0 Å². The highest BCUT2D eigenvalue weighted by atomic mass is 19.3. The average Bonchev–Trinajstić information content (AvgIpc) is 2.28. The van der Waals surface area contributed by atoms with Crippen LogP contribution in [0.2, 0.25) is 0 Å². The van der Waals surface area contributed by atoms with E-state index in [9.17, 15) is 13.2 Å². The van der Waals surface area contributed by atoms with Gasteiger partial charge in [-0.05, 0) is 36.8 Å². The Morgan fingerprint density at radius 2 is 1.89 bits per heavy atom. The van der Waals surface area contributed by atoms with Gasteiger partial charge < -0.3 is 0 Å². The zero-order chi connectivity index (χ0) is 13.1. The van der Waals surface area contributed by atoms with Crippen molar-refractivity contribution in [3.05, 3.63) is 58.9 Å². The quantitative estimate of drug-likeness (QED) is 0.836. The molecule has 0 aliphatic rings. The molecule has 5 heteroatoms. The molecular weight excluding hydrogens is 241 g/mol. The highest BCUT2D eigenvalue weighted by Gasteiger charge is 2.10. The van der Waals surface area contributed by atoms with Crippen LogP contribution in [0.4, 0.5) is 13.2 Å². The third kappa shape index (κ3) is 3.06. The molecule has 18 heavy (non-hydrogen) atoms. The molecule has 1 aromatic carbocycles. The second-order valence-corrected chi connectivity index (χ2v) is 4.02. The molecule has 0 radical (unpaired) electrons. The maximum atomic E-state index is 13.2. The molecule has 0 spiro atoms. The number of rotatable bonds is 3. The summed E-state index contributed by atoms with van der Waals surface area (Å²) in [7, 11) is 0. The van der Waals surface area contributed by atoms with Crippen molar-refractivity contribution >= 4 is 0 Å². The average molecular weight is 252 g/mol. The summed E-state index contributed by atoms with van der Waals surface area (Å²) < 4.78 is 38.3. The zero-order valence-corrected chi connectivity index (χ0v) is 9.70. The van der Waals surface area contributed by atoms with Crippen LogP contribution in [-0.4, -0.2) is 9.97 Å². The first-order valence-electron chi connectivity index (χ1n) is 5.39. The van der Waals surface area contributed by atoms with E-state index in [1.54, 1.807) is 13.0 Å². The van der Waals surface area contributed by atoms with E-state index in [2.05, 4.69) is 9.97 Å². The molecule has 94 valence electrons. The Balaban J connectivity index is 2.29. The minimum absolute atomic E-state index is 0.306. The second kappa shape index (κ2) is 5.16. The lowest BCUT2D eigenvalue weighted by Crippen LogP contribution is -1.97. The van der Waals surface area contributed by atoms with E-state index < -0.39 is 12.2 Å². The Morgan fingerprint density at radius 3 is 2.56 bits per heavy atom. The highest BCUT2D eigenvalue weighted by molar-refractivity contribution is 5.29. The SMILES string of the molecule is Cc1cc(Cc2cc(F)cc(C(F)F)c2)ncn1. The van der Waals surface area contributed by atoms with Crippen molar-refractivity contribution < 1.29 is 13.2 Å². The molecule has 0 saturated heterocycles. The fourth-order valence-electron chi connectivity index (χ4n) is 1.72. The molecule has 2 rings (SSSR count). The summed E-state index contributed by atoms with van der Waals surface area (Å²) in [4.78, 5) is 7.96. The van der Waals surface area contributed by atoms with Crippen molar-refractivity contribution in [2.24, 2.45) is 0 Å². The molecule has 2 aromatic rings. The molecule has 1 heterocycles. The number of nitrogens with zero attached hydrogens (tertiary/aromatic N) is 2. The first-order valence-corrected chi connectivity index (χ1v) is 5.39. The van der Waals surface area contributed by atoms with Gasteiger partial charge in [-0.2, -0.15) is 0 Å². The van der Waals surface area contributed by atoms with Crippen molar-refractivity contribution in [2.45, 2.75) is 19.8 Å². The number of aryl methyl sites for hydroxylation is 1. The largest absolute Gasteiger partial charge is 0.263 e. The molecule has 0 fully saturated rings. The van der Waals surface area contributed by atoms with Crippen molar-refractivity contribution in [2.75, 3.05) is 0 Å². The Labute approximate surface area is 103 Å². The molecule has 0 unspecified atom stereocenters. The van der Waals surface area contributed by atoms with Crippen LogP contribution in [0.1, 0.15) is 28.9 Å². The van der Waals surface area contributed by atoms with Crippen LogP contribution in [0.5, 0.6) is 0 Å². The maximum absolute atomic E-state index is 13.2. The van der Waals surface area contributed by atoms with Gasteiger partial charge >= 0.3 is 0 Å². The predicted molar refractivity (Wildman–Crippen MR) is 60.9 cm³/mol. The van der Waals surface area contributed by atoms with Gasteiger partial charge in [0.1, 0.15) is 12.1 Å². The van der Waals surface area contributed by atoms with Gasteiger partial charge in [-0.25, -0.2) is 23.1 Å². The van der Waals surface area contributed by atoms with E-state index in [0.29, 0.717) is 17.7 Å². The van der Waals surface area contributed by atoms with Crippen LogP contribution in [0.3, 0.4) is 0 Å². The van der Waals surface area contributed by atoms with Crippen LogP contribution < -0.4 is 0 Å². The smallest absolute Gasteiger partial charge is 0.242 e. The van der Waals surface area contributed by atoms with Crippen molar-refractivity contribution in [1.29, 1.82) is 0 Å². The van der Waals surface area contributed by atoms with Gasteiger partial charge in [0.2, 0.25) is 0 Å². The lowest BCUT2D eigenvalue weighted by atomic mass is 10.1. The summed E-state index contributed by atoms with van der Waals surface area (Å²) in [5, 5.41) is 0. The predicted octanol–water partition coefficient (Wildman–Crippen LogP) is 3.45. The van der Waals surface area contributed by atoms with Gasteiger partial charge in [0.15, 0.2) is 0 Å².